The summed E-state index contributed by atoms with van der Waals surface area (Å²) >= 11 is 0. The van der Waals surface area contributed by atoms with Gasteiger partial charge in [0.2, 0.25) is 0 Å². The lowest BCUT2D eigenvalue weighted by Gasteiger charge is -2.42. The van der Waals surface area contributed by atoms with Gasteiger partial charge in [-0.2, -0.15) is 4.99 Å². The number of imide groups is 1. The number of nitrogens with one attached hydrogen (secondary N) is 1. The van der Waals surface area contributed by atoms with Crippen LogP contribution in [0.15, 0.2) is 59.6 Å². The fraction of sp³-hybridized carbons (Fsp3) is 0.429. The highest BCUT2D eigenvalue weighted by molar-refractivity contribution is 6.46. The van der Waals surface area contributed by atoms with Gasteiger partial charge in [-0.05, 0) is 55.7 Å². The molecule has 2 aliphatic rings. The number of urea groups is 1. The monoisotopic (exact) mass is 475 g/mol. The largest absolute Gasteiger partial charge is 0.496 e. The summed E-state index contributed by atoms with van der Waals surface area (Å²) < 4.78 is 5.35. The van der Waals surface area contributed by atoms with Crippen LogP contribution >= 0.6 is 0 Å². The summed E-state index contributed by atoms with van der Waals surface area (Å²) in [7, 11) is 1.55. The zero-order chi connectivity index (χ0) is 25.0. The van der Waals surface area contributed by atoms with Crippen LogP contribution in [0.5, 0.6) is 5.75 Å². The smallest absolute Gasteiger partial charge is 0.351 e. The molecule has 4 rings (SSSR count). The van der Waals surface area contributed by atoms with Crippen molar-refractivity contribution in [3.8, 4) is 5.75 Å². The molecule has 0 unspecified atom stereocenters. The van der Waals surface area contributed by atoms with Crippen molar-refractivity contribution in [3.63, 3.8) is 0 Å². The molecule has 0 radical (unpaired) electrons. The van der Waals surface area contributed by atoms with E-state index in [1.54, 1.807) is 19.2 Å². The zero-order valence-electron chi connectivity index (χ0n) is 20.6. The highest BCUT2D eigenvalue weighted by Gasteiger charge is 2.44. The van der Waals surface area contributed by atoms with E-state index in [1.165, 1.54) is 4.90 Å². The first-order chi connectivity index (χ1) is 16.8. The quantitative estimate of drug-likeness (QED) is 0.597. The van der Waals surface area contributed by atoms with E-state index in [0.29, 0.717) is 42.8 Å². The SMILES string of the molecule is COc1ccccc1C(=O)NC[C@]1(c2ccccc2)CC[C@H](N2C(=O)N=C(CC(C)C)C2=O)CC1. The molecule has 0 saturated heterocycles. The molecule has 2 aromatic carbocycles. The second kappa shape index (κ2) is 10.4. The minimum Gasteiger partial charge on any atom is -0.496 e. The van der Waals surface area contributed by atoms with Crippen LogP contribution in [0.2, 0.25) is 0 Å². The molecule has 4 amide bonds. The summed E-state index contributed by atoms with van der Waals surface area (Å²) in [4.78, 5) is 43.9. The Bertz CT molecular complexity index is 1120. The molecule has 1 N–H and O–H groups in total. The molecule has 1 aliphatic carbocycles. The Hall–Kier alpha value is -3.48. The van der Waals surface area contributed by atoms with Gasteiger partial charge in [0, 0.05) is 18.0 Å². The van der Waals surface area contributed by atoms with Crippen LogP contribution in [0, 0.1) is 5.92 Å². The minimum absolute atomic E-state index is 0.176. The highest BCUT2D eigenvalue weighted by atomic mass is 16.5. The van der Waals surface area contributed by atoms with Crippen molar-refractivity contribution in [1.29, 1.82) is 0 Å². The molecule has 0 atom stereocenters. The Balaban J connectivity index is 1.49. The normalized spacial score (nSPS) is 22.3. The molecule has 7 nitrogen and oxygen atoms in total. The lowest BCUT2D eigenvalue weighted by molar-refractivity contribution is -0.123. The first-order valence-electron chi connectivity index (χ1n) is 12.3. The Morgan fingerprint density at radius 2 is 1.74 bits per heavy atom. The van der Waals surface area contributed by atoms with E-state index < -0.39 is 6.03 Å². The van der Waals surface area contributed by atoms with Crippen LogP contribution in [-0.4, -0.2) is 48.2 Å². The summed E-state index contributed by atoms with van der Waals surface area (Å²) in [5.74, 6) is 0.363. The third-order valence-electron chi connectivity index (χ3n) is 7.11. The molecule has 1 saturated carbocycles. The van der Waals surface area contributed by atoms with Gasteiger partial charge in [0.25, 0.3) is 11.8 Å². The second-order valence-corrected chi connectivity index (χ2v) is 9.87. The molecular formula is C28H33N3O4. The van der Waals surface area contributed by atoms with Crippen molar-refractivity contribution < 1.29 is 19.1 Å². The third-order valence-corrected chi connectivity index (χ3v) is 7.11. The molecule has 1 fully saturated rings. The number of carbonyl (C=O) groups excluding carboxylic acids is 3. The number of methoxy groups -OCH3 is 1. The average molecular weight is 476 g/mol. The van der Waals surface area contributed by atoms with E-state index in [-0.39, 0.29) is 29.2 Å². The molecule has 35 heavy (non-hydrogen) atoms. The molecule has 184 valence electrons. The van der Waals surface area contributed by atoms with Gasteiger partial charge in [-0.15, -0.1) is 0 Å². The number of rotatable bonds is 8. The molecule has 0 aromatic heterocycles. The van der Waals surface area contributed by atoms with E-state index in [0.717, 1.165) is 18.4 Å². The van der Waals surface area contributed by atoms with Crippen molar-refractivity contribution in [2.45, 2.75) is 57.4 Å². The van der Waals surface area contributed by atoms with Gasteiger partial charge >= 0.3 is 6.03 Å². The molecule has 1 aliphatic heterocycles. The first kappa shape index (κ1) is 24.6. The van der Waals surface area contributed by atoms with Crippen LogP contribution < -0.4 is 10.1 Å². The fourth-order valence-electron chi connectivity index (χ4n) is 5.23. The minimum atomic E-state index is -0.438. The van der Waals surface area contributed by atoms with E-state index in [1.807, 2.05) is 44.2 Å². The van der Waals surface area contributed by atoms with Gasteiger partial charge in [-0.3, -0.25) is 14.5 Å². The maximum atomic E-state index is 13.0. The number of aliphatic imine (C=N–C) groups is 1. The van der Waals surface area contributed by atoms with Crippen molar-refractivity contribution in [1.82, 2.24) is 10.2 Å². The summed E-state index contributed by atoms with van der Waals surface area (Å²) in [5, 5.41) is 3.12. The number of nitrogens with zero attached hydrogens (tertiary/aromatic N) is 2. The number of hydrogen-bond acceptors (Lipinski definition) is 4. The van der Waals surface area contributed by atoms with Gasteiger partial charge in [-0.1, -0.05) is 56.3 Å². The Labute approximate surface area is 206 Å². The van der Waals surface area contributed by atoms with Crippen LogP contribution in [0.4, 0.5) is 4.79 Å². The number of carbonyl (C=O) groups is 3. The zero-order valence-corrected chi connectivity index (χ0v) is 20.6. The van der Waals surface area contributed by atoms with Gasteiger partial charge < -0.3 is 10.1 Å². The Morgan fingerprint density at radius 1 is 1.09 bits per heavy atom. The van der Waals surface area contributed by atoms with Crippen molar-refractivity contribution in [3.05, 3.63) is 65.7 Å². The Morgan fingerprint density at radius 3 is 2.40 bits per heavy atom. The van der Waals surface area contributed by atoms with Crippen LogP contribution in [-0.2, 0) is 10.2 Å². The maximum Gasteiger partial charge on any atom is 0.351 e. The number of hydrogen-bond donors (Lipinski definition) is 1. The Kier molecular flexibility index (Phi) is 7.34. The van der Waals surface area contributed by atoms with Crippen LogP contribution in [0.1, 0.15) is 61.9 Å². The predicted molar refractivity (Wildman–Crippen MR) is 135 cm³/mol. The summed E-state index contributed by atoms with van der Waals surface area (Å²) in [6.45, 7) is 4.48. The number of benzene rings is 2. The lowest BCUT2D eigenvalue weighted by atomic mass is 9.67. The molecule has 2 aromatic rings. The van der Waals surface area contributed by atoms with Crippen molar-refractivity contribution in [2.75, 3.05) is 13.7 Å². The second-order valence-electron chi connectivity index (χ2n) is 9.87. The van der Waals surface area contributed by atoms with Gasteiger partial charge in [0.15, 0.2) is 0 Å². The number of para-hydroxylation sites is 1. The maximum absolute atomic E-state index is 13.0. The summed E-state index contributed by atoms with van der Waals surface area (Å²) in [5.41, 5.74) is 1.72. The summed E-state index contributed by atoms with van der Waals surface area (Å²) in [6.07, 6.45) is 3.33. The molecular weight excluding hydrogens is 442 g/mol. The predicted octanol–water partition coefficient (Wildman–Crippen LogP) is 4.75. The van der Waals surface area contributed by atoms with Gasteiger partial charge in [0.05, 0.1) is 12.7 Å². The van der Waals surface area contributed by atoms with E-state index in [2.05, 4.69) is 22.4 Å². The average Bonchev–Trinajstić information content (AvgIpc) is 3.15. The van der Waals surface area contributed by atoms with Gasteiger partial charge in [0.1, 0.15) is 11.5 Å². The van der Waals surface area contributed by atoms with E-state index in [4.69, 9.17) is 4.74 Å². The highest BCUT2D eigenvalue weighted by Crippen LogP contribution is 2.41. The molecule has 0 spiro atoms. The third kappa shape index (κ3) is 5.14. The van der Waals surface area contributed by atoms with Crippen molar-refractivity contribution >= 4 is 23.6 Å². The van der Waals surface area contributed by atoms with Crippen LogP contribution in [0.3, 0.4) is 0 Å². The topological polar surface area (TPSA) is 88.1 Å². The lowest BCUT2D eigenvalue weighted by Crippen LogP contribution is -2.49. The molecule has 7 heteroatoms. The number of ether oxygens (including phenoxy) is 1. The molecule has 1 heterocycles. The number of amides is 4. The van der Waals surface area contributed by atoms with Gasteiger partial charge in [-0.25, -0.2) is 4.79 Å². The van der Waals surface area contributed by atoms with Crippen LogP contribution in [0.25, 0.3) is 0 Å². The molecule has 0 bridgehead atoms. The fourth-order valence-corrected chi connectivity index (χ4v) is 5.23. The standard InChI is InChI=1S/C28H33N3O4/c1-19(2)17-23-26(33)31(27(34)30-23)21-13-15-28(16-14-21,20-9-5-4-6-10-20)18-29-25(32)22-11-7-8-12-24(22)35-3/h4-12,19,21H,13-18H2,1-3H3,(H,29,32)/t21-,28-. The van der Waals surface area contributed by atoms with E-state index in [9.17, 15) is 14.4 Å². The first-order valence-corrected chi connectivity index (χ1v) is 12.3. The van der Waals surface area contributed by atoms with Crippen molar-refractivity contribution in [2.24, 2.45) is 10.9 Å². The van der Waals surface area contributed by atoms with E-state index >= 15 is 0 Å². The summed E-state index contributed by atoms with van der Waals surface area (Å²) in [6, 6.07) is 16.7.